The second-order valence-electron chi connectivity index (χ2n) is 16.4. The SMILES string of the molecule is CC1(C)O[C@H]2[C@@H](O1)[C@@H](CO[C@H]1O[C@H](COCc3ccccc3)[C@@H](OCc3ccccc3)[C@H](OCc3ccccc3)[C@@H](OCc3ccccc3)[C@@H]1O)O[C@@H]1OC(C)(C)O[C@@H]12. The molecular weight excluding hydrogens is 757 g/mol. The third kappa shape index (κ3) is 10.7. The number of hydrogen-bond donors (Lipinski definition) is 1. The van der Waals surface area contributed by atoms with Gasteiger partial charge in [0.25, 0.3) is 0 Å². The largest absolute Gasteiger partial charge is 0.385 e. The quantitative estimate of drug-likeness (QED) is 0.134. The lowest BCUT2D eigenvalue weighted by molar-refractivity contribution is -0.279. The minimum atomic E-state index is -1.35. The molecule has 4 aliphatic heterocycles. The van der Waals surface area contributed by atoms with Crippen molar-refractivity contribution in [1.29, 1.82) is 0 Å². The molecule has 1 N–H and O–H groups in total. The Balaban J connectivity index is 1.11. The van der Waals surface area contributed by atoms with Gasteiger partial charge in [-0.1, -0.05) is 121 Å². The molecule has 4 aromatic carbocycles. The van der Waals surface area contributed by atoms with Gasteiger partial charge in [0.1, 0.15) is 54.9 Å². The van der Waals surface area contributed by atoms with Crippen molar-refractivity contribution in [2.45, 2.75) is 133 Å². The third-order valence-electron chi connectivity index (χ3n) is 10.9. The molecule has 12 nitrogen and oxygen atoms in total. The molecule has 4 heterocycles. The number of fused-ring (bicyclic) bond motifs is 3. The van der Waals surface area contributed by atoms with Crippen LogP contribution in [0.2, 0.25) is 0 Å². The third-order valence-corrected chi connectivity index (χ3v) is 10.9. The van der Waals surface area contributed by atoms with Crippen molar-refractivity contribution in [3.63, 3.8) is 0 Å². The first-order valence-electron chi connectivity index (χ1n) is 20.5. The first-order chi connectivity index (χ1) is 28.6. The van der Waals surface area contributed by atoms with Gasteiger partial charge in [0.15, 0.2) is 24.2 Å². The number of aliphatic hydroxyl groups excluding tert-OH is 1. The number of ether oxygens (including phenoxy) is 11. The fourth-order valence-electron chi connectivity index (χ4n) is 8.12. The maximum atomic E-state index is 12.5. The van der Waals surface area contributed by atoms with Crippen LogP contribution in [0.4, 0.5) is 0 Å². The van der Waals surface area contributed by atoms with Crippen LogP contribution in [0.5, 0.6) is 0 Å². The molecule has 4 saturated heterocycles. The molecule has 11 atom stereocenters. The van der Waals surface area contributed by atoms with Gasteiger partial charge in [-0.2, -0.15) is 0 Å². The first kappa shape index (κ1) is 42.1. The predicted molar refractivity (Wildman–Crippen MR) is 214 cm³/mol. The summed E-state index contributed by atoms with van der Waals surface area (Å²) in [7, 11) is 0. The lowest BCUT2D eigenvalue weighted by Crippen LogP contribution is -2.57. The summed E-state index contributed by atoms with van der Waals surface area (Å²) in [4.78, 5) is 0. The summed E-state index contributed by atoms with van der Waals surface area (Å²) in [5.74, 6) is -1.78. The van der Waals surface area contributed by atoms with E-state index >= 15 is 0 Å². The zero-order chi connectivity index (χ0) is 40.8. The van der Waals surface area contributed by atoms with Crippen molar-refractivity contribution in [1.82, 2.24) is 0 Å². The molecule has 12 heteroatoms. The highest BCUT2D eigenvalue weighted by molar-refractivity contribution is 5.16. The predicted octanol–water partition coefficient (Wildman–Crippen LogP) is 6.46. The van der Waals surface area contributed by atoms with Gasteiger partial charge < -0.3 is 57.2 Å². The summed E-state index contributed by atoms with van der Waals surface area (Å²) in [5.41, 5.74) is 3.84. The van der Waals surface area contributed by atoms with Gasteiger partial charge in [-0.05, 0) is 49.9 Å². The van der Waals surface area contributed by atoms with Crippen LogP contribution in [0.1, 0.15) is 49.9 Å². The molecule has 316 valence electrons. The molecule has 0 unspecified atom stereocenters. The Morgan fingerprint density at radius 3 is 1.47 bits per heavy atom. The number of hydrogen-bond acceptors (Lipinski definition) is 12. The summed E-state index contributed by atoms with van der Waals surface area (Å²) in [6.07, 6.45) is -8.88. The summed E-state index contributed by atoms with van der Waals surface area (Å²) in [6.45, 7) is 8.45. The van der Waals surface area contributed by atoms with Crippen molar-refractivity contribution in [3.8, 4) is 0 Å². The van der Waals surface area contributed by atoms with Crippen LogP contribution in [0.15, 0.2) is 121 Å². The van der Waals surface area contributed by atoms with E-state index in [1.54, 1.807) is 0 Å². The molecule has 4 aliphatic rings. The van der Waals surface area contributed by atoms with Crippen LogP contribution in [0.25, 0.3) is 0 Å². The second kappa shape index (κ2) is 19.0. The topological polar surface area (TPSA) is 122 Å². The normalized spacial score (nSPS) is 32.3. The molecular formula is C47H56O12. The minimum Gasteiger partial charge on any atom is -0.385 e. The van der Waals surface area contributed by atoms with Gasteiger partial charge in [0, 0.05) is 0 Å². The maximum absolute atomic E-state index is 12.5. The average Bonchev–Trinajstić information content (AvgIpc) is 3.72. The molecule has 59 heavy (non-hydrogen) atoms. The van der Waals surface area contributed by atoms with Gasteiger partial charge in [-0.25, -0.2) is 0 Å². The fourth-order valence-corrected chi connectivity index (χ4v) is 8.12. The Hall–Kier alpha value is -3.60. The summed E-state index contributed by atoms with van der Waals surface area (Å²) in [5, 5.41) is 12.5. The van der Waals surface area contributed by atoms with E-state index in [1.807, 2.05) is 149 Å². The lowest BCUT2D eigenvalue weighted by atomic mass is 9.99. The Kier molecular flexibility index (Phi) is 13.5. The minimum absolute atomic E-state index is 0.0383. The van der Waals surface area contributed by atoms with E-state index in [0.717, 1.165) is 22.3 Å². The van der Waals surface area contributed by atoms with Crippen LogP contribution in [-0.2, 0) is 78.5 Å². The van der Waals surface area contributed by atoms with E-state index in [-0.39, 0.29) is 33.0 Å². The van der Waals surface area contributed by atoms with Gasteiger partial charge in [-0.3, -0.25) is 0 Å². The zero-order valence-corrected chi connectivity index (χ0v) is 34.1. The molecule has 0 spiro atoms. The van der Waals surface area contributed by atoms with E-state index in [9.17, 15) is 5.11 Å². The highest BCUT2D eigenvalue weighted by atomic mass is 16.9. The molecule has 4 fully saturated rings. The smallest absolute Gasteiger partial charge is 0.190 e. The van der Waals surface area contributed by atoms with E-state index in [0.29, 0.717) is 6.61 Å². The zero-order valence-electron chi connectivity index (χ0n) is 34.1. The Morgan fingerprint density at radius 1 is 0.458 bits per heavy atom. The molecule has 0 bridgehead atoms. The highest BCUT2D eigenvalue weighted by Crippen LogP contribution is 2.44. The van der Waals surface area contributed by atoms with Gasteiger partial charge in [0.2, 0.25) is 0 Å². The van der Waals surface area contributed by atoms with Crippen molar-refractivity contribution >= 4 is 0 Å². The van der Waals surface area contributed by atoms with Crippen LogP contribution < -0.4 is 0 Å². The van der Waals surface area contributed by atoms with Crippen molar-refractivity contribution in [3.05, 3.63) is 144 Å². The molecule has 0 radical (unpaired) electrons. The molecule has 0 saturated carbocycles. The Bertz CT molecular complexity index is 1870. The molecule has 4 aromatic rings. The van der Waals surface area contributed by atoms with E-state index in [1.165, 1.54) is 0 Å². The van der Waals surface area contributed by atoms with Crippen LogP contribution >= 0.6 is 0 Å². The Labute approximate surface area is 346 Å². The van der Waals surface area contributed by atoms with E-state index in [2.05, 4.69) is 0 Å². The lowest BCUT2D eigenvalue weighted by Gasteiger charge is -2.38. The van der Waals surface area contributed by atoms with E-state index < -0.39 is 79.1 Å². The highest BCUT2D eigenvalue weighted by Gasteiger charge is 2.61. The van der Waals surface area contributed by atoms with Crippen LogP contribution in [0.3, 0.4) is 0 Å². The van der Waals surface area contributed by atoms with E-state index in [4.69, 9.17) is 52.1 Å². The summed E-state index contributed by atoms with van der Waals surface area (Å²) < 4.78 is 71.7. The monoisotopic (exact) mass is 812 g/mol. The summed E-state index contributed by atoms with van der Waals surface area (Å²) >= 11 is 0. The standard InChI is InChI=1S/C47H56O12/c1-46(2)56-39-36(55-45-43(42(39)57-46)58-47(3,4)59-45)30-53-44-37(48)40(51-27-33-21-13-7-14-22-33)41(52-28-34-23-15-8-16-24-34)38(50-26-32-19-11-6-12-20-32)35(54-44)29-49-25-31-17-9-5-10-18-31/h5-24,35-45,48H,25-30H2,1-4H3/t35-,36-,37+,38-,39+,40+,41+,42+,43-,44+,45-/m1/s1. The molecule has 0 amide bonds. The second-order valence-corrected chi connectivity index (χ2v) is 16.4. The van der Waals surface area contributed by atoms with Gasteiger partial charge >= 0.3 is 0 Å². The van der Waals surface area contributed by atoms with Crippen molar-refractivity contribution in [2.75, 3.05) is 13.2 Å². The molecule has 8 rings (SSSR count). The number of aliphatic hydroxyl groups is 1. The van der Waals surface area contributed by atoms with Crippen molar-refractivity contribution in [2.24, 2.45) is 0 Å². The molecule has 0 aromatic heterocycles. The maximum Gasteiger partial charge on any atom is 0.190 e. The molecule has 0 aliphatic carbocycles. The van der Waals surface area contributed by atoms with Crippen LogP contribution in [-0.4, -0.2) is 97.4 Å². The fraction of sp³-hybridized carbons (Fsp3) is 0.489. The van der Waals surface area contributed by atoms with Gasteiger partial charge in [0.05, 0.1) is 39.6 Å². The Morgan fingerprint density at radius 2 is 0.915 bits per heavy atom. The average molecular weight is 813 g/mol. The number of benzene rings is 4. The summed E-state index contributed by atoms with van der Waals surface area (Å²) in [6, 6.07) is 39.5. The number of rotatable bonds is 16. The van der Waals surface area contributed by atoms with Crippen LogP contribution in [0, 0.1) is 0 Å². The first-order valence-corrected chi connectivity index (χ1v) is 20.5. The van der Waals surface area contributed by atoms with Gasteiger partial charge in [-0.15, -0.1) is 0 Å². The van der Waals surface area contributed by atoms with Crippen molar-refractivity contribution < 1.29 is 57.2 Å².